The van der Waals surface area contributed by atoms with E-state index in [1.165, 1.54) is 0 Å². The molecule has 0 radical (unpaired) electrons. The molecule has 1 aromatic carbocycles. The van der Waals surface area contributed by atoms with Crippen molar-refractivity contribution in [3.8, 4) is 5.75 Å². The lowest BCUT2D eigenvalue weighted by Gasteiger charge is -2.09. The maximum absolute atomic E-state index is 11.1. The number of cyclic esters (lactones) is 1. The lowest BCUT2D eigenvalue weighted by molar-refractivity contribution is -0.143. The van der Waals surface area contributed by atoms with E-state index in [1.807, 2.05) is 0 Å². The van der Waals surface area contributed by atoms with E-state index in [-0.39, 0.29) is 12.6 Å². The first-order valence-electron chi connectivity index (χ1n) is 4.82. The van der Waals surface area contributed by atoms with Crippen LogP contribution in [0, 0.1) is 0 Å². The van der Waals surface area contributed by atoms with Gasteiger partial charge in [0.2, 0.25) is 0 Å². The molecule has 80 valence electrons. The van der Waals surface area contributed by atoms with Crippen molar-refractivity contribution in [3.63, 3.8) is 0 Å². The van der Waals surface area contributed by atoms with Crippen molar-refractivity contribution in [2.24, 2.45) is 0 Å². The van der Waals surface area contributed by atoms with Crippen molar-refractivity contribution >= 4 is 5.97 Å². The Kier molecular flexibility index (Phi) is 2.87. The zero-order valence-corrected chi connectivity index (χ0v) is 8.18. The van der Waals surface area contributed by atoms with E-state index in [2.05, 4.69) is 0 Å². The highest BCUT2D eigenvalue weighted by Gasteiger charge is 2.28. The van der Waals surface area contributed by atoms with Crippen molar-refractivity contribution in [2.45, 2.75) is 19.1 Å². The number of hydrogen-bond acceptors (Lipinski definition) is 4. The van der Waals surface area contributed by atoms with E-state index in [0.29, 0.717) is 18.8 Å². The molecule has 1 atom stereocenters. The van der Waals surface area contributed by atoms with Gasteiger partial charge in [0.15, 0.2) is 6.10 Å². The molecule has 0 amide bonds. The Morgan fingerprint density at radius 2 is 2.13 bits per heavy atom. The lowest BCUT2D eigenvalue weighted by atomic mass is 10.2. The normalized spacial score (nSPS) is 20.1. The summed E-state index contributed by atoms with van der Waals surface area (Å²) < 4.78 is 10.2. The summed E-state index contributed by atoms with van der Waals surface area (Å²) in [7, 11) is 0. The van der Waals surface area contributed by atoms with E-state index in [9.17, 15) is 4.79 Å². The maximum Gasteiger partial charge on any atom is 0.347 e. The summed E-state index contributed by atoms with van der Waals surface area (Å²) in [5.74, 6) is 0.317. The number of hydrogen-bond donors (Lipinski definition) is 1. The van der Waals surface area contributed by atoms with E-state index in [0.717, 1.165) is 5.56 Å². The van der Waals surface area contributed by atoms with Gasteiger partial charge in [0.05, 0.1) is 13.2 Å². The molecule has 2 rings (SSSR count). The van der Waals surface area contributed by atoms with Gasteiger partial charge in [-0.25, -0.2) is 4.79 Å². The summed E-state index contributed by atoms with van der Waals surface area (Å²) in [6.07, 6.45) is 0.116. The molecule has 1 N–H and O–H groups in total. The average molecular weight is 208 g/mol. The number of ether oxygens (including phenoxy) is 2. The average Bonchev–Trinajstić information content (AvgIpc) is 2.66. The van der Waals surface area contributed by atoms with E-state index >= 15 is 0 Å². The molecule has 1 heterocycles. The van der Waals surface area contributed by atoms with Crippen LogP contribution in [0.1, 0.15) is 12.0 Å². The summed E-state index contributed by atoms with van der Waals surface area (Å²) in [6, 6.07) is 6.99. The predicted octanol–water partition coefficient (Wildman–Crippen LogP) is 0.873. The second kappa shape index (κ2) is 4.31. The summed E-state index contributed by atoms with van der Waals surface area (Å²) in [6.45, 7) is 0.434. The van der Waals surface area contributed by atoms with Gasteiger partial charge in [0, 0.05) is 6.42 Å². The van der Waals surface area contributed by atoms with E-state index in [1.54, 1.807) is 24.3 Å². The van der Waals surface area contributed by atoms with Crippen LogP contribution >= 0.6 is 0 Å². The fraction of sp³-hybridized carbons (Fsp3) is 0.364. The zero-order valence-electron chi connectivity index (χ0n) is 8.18. The molecule has 0 spiro atoms. The molecule has 0 saturated carbocycles. The minimum absolute atomic E-state index is 0.00570. The predicted molar refractivity (Wildman–Crippen MR) is 52.4 cm³/mol. The molecule has 4 nitrogen and oxygen atoms in total. The van der Waals surface area contributed by atoms with Gasteiger partial charge in [-0.3, -0.25) is 0 Å². The van der Waals surface area contributed by atoms with Gasteiger partial charge in [0.1, 0.15) is 5.75 Å². The van der Waals surface area contributed by atoms with Crippen LogP contribution < -0.4 is 4.74 Å². The third-order valence-electron chi connectivity index (χ3n) is 2.27. The Hall–Kier alpha value is -1.55. The van der Waals surface area contributed by atoms with Crippen LogP contribution in [0.5, 0.6) is 5.75 Å². The highest BCUT2D eigenvalue weighted by atomic mass is 16.6. The third kappa shape index (κ3) is 2.27. The Labute approximate surface area is 87.4 Å². The molecule has 0 bridgehead atoms. The largest absolute Gasteiger partial charge is 0.479 e. The quantitative estimate of drug-likeness (QED) is 0.749. The SMILES string of the molecule is O=C1OCC[C@@H]1Oc1ccc(CO)cc1. The first kappa shape index (κ1) is 9.98. The van der Waals surface area contributed by atoms with Gasteiger partial charge in [-0.2, -0.15) is 0 Å². The number of carbonyl (C=O) groups is 1. The molecule has 1 aliphatic heterocycles. The highest BCUT2D eigenvalue weighted by Crippen LogP contribution is 2.18. The van der Waals surface area contributed by atoms with Gasteiger partial charge >= 0.3 is 5.97 Å². The van der Waals surface area contributed by atoms with Crippen molar-refractivity contribution in [1.29, 1.82) is 0 Å². The van der Waals surface area contributed by atoms with Crippen molar-refractivity contribution in [3.05, 3.63) is 29.8 Å². The van der Waals surface area contributed by atoms with Gasteiger partial charge in [-0.1, -0.05) is 12.1 Å². The van der Waals surface area contributed by atoms with Crippen LogP contribution in [0.15, 0.2) is 24.3 Å². The number of benzene rings is 1. The summed E-state index contributed by atoms with van der Waals surface area (Å²) >= 11 is 0. The number of rotatable bonds is 3. The Balaban J connectivity index is 2.01. The first-order chi connectivity index (χ1) is 7.29. The Morgan fingerprint density at radius 3 is 2.67 bits per heavy atom. The summed E-state index contributed by atoms with van der Waals surface area (Å²) in [5, 5.41) is 8.84. The molecular formula is C11H12O4. The second-order valence-corrected chi connectivity index (χ2v) is 3.36. The summed E-state index contributed by atoms with van der Waals surface area (Å²) in [5.41, 5.74) is 0.816. The molecule has 0 aliphatic carbocycles. The molecule has 15 heavy (non-hydrogen) atoms. The highest BCUT2D eigenvalue weighted by molar-refractivity contribution is 5.76. The third-order valence-corrected chi connectivity index (χ3v) is 2.27. The van der Waals surface area contributed by atoms with Crippen LogP contribution in [-0.4, -0.2) is 23.8 Å². The number of aliphatic hydroxyl groups is 1. The second-order valence-electron chi connectivity index (χ2n) is 3.36. The topological polar surface area (TPSA) is 55.8 Å². The minimum Gasteiger partial charge on any atom is -0.479 e. The van der Waals surface area contributed by atoms with E-state index in [4.69, 9.17) is 14.6 Å². The molecular weight excluding hydrogens is 196 g/mol. The van der Waals surface area contributed by atoms with Gasteiger partial charge in [0.25, 0.3) is 0 Å². The standard InChI is InChI=1S/C11H12O4/c12-7-8-1-3-9(4-2-8)15-10-5-6-14-11(10)13/h1-4,10,12H,5-7H2/t10-/m0/s1. The fourth-order valence-corrected chi connectivity index (χ4v) is 1.42. The maximum atomic E-state index is 11.1. The number of carbonyl (C=O) groups excluding carboxylic acids is 1. The molecule has 1 aromatic rings. The molecule has 1 aliphatic rings. The molecule has 1 fully saturated rings. The molecule has 1 saturated heterocycles. The Bertz CT molecular complexity index is 344. The fourth-order valence-electron chi connectivity index (χ4n) is 1.42. The minimum atomic E-state index is -0.482. The Morgan fingerprint density at radius 1 is 1.40 bits per heavy atom. The number of aliphatic hydroxyl groups excluding tert-OH is 1. The molecule has 0 aromatic heterocycles. The van der Waals surface area contributed by atoms with Crippen LogP contribution in [-0.2, 0) is 16.1 Å². The van der Waals surface area contributed by atoms with Crippen molar-refractivity contribution in [2.75, 3.05) is 6.61 Å². The zero-order chi connectivity index (χ0) is 10.7. The van der Waals surface area contributed by atoms with Crippen LogP contribution in [0.25, 0.3) is 0 Å². The van der Waals surface area contributed by atoms with Gasteiger partial charge in [-0.05, 0) is 17.7 Å². The van der Waals surface area contributed by atoms with Gasteiger partial charge in [-0.15, -0.1) is 0 Å². The van der Waals surface area contributed by atoms with Crippen molar-refractivity contribution in [1.82, 2.24) is 0 Å². The van der Waals surface area contributed by atoms with Crippen LogP contribution in [0.4, 0.5) is 0 Å². The number of esters is 1. The smallest absolute Gasteiger partial charge is 0.347 e. The first-order valence-corrected chi connectivity index (χ1v) is 4.82. The van der Waals surface area contributed by atoms with Crippen LogP contribution in [0.2, 0.25) is 0 Å². The lowest BCUT2D eigenvalue weighted by Crippen LogP contribution is -2.21. The monoisotopic (exact) mass is 208 g/mol. The molecule has 4 heteroatoms. The summed E-state index contributed by atoms with van der Waals surface area (Å²) in [4.78, 5) is 11.1. The van der Waals surface area contributed by atoms with Gasteiger partial charge < -0.3 is 14.6 Å². The molecule has 0 unspecified atom stereocenters. The van der Waals surface area contributed by atoms with E-state index < -0.39 is 6.10 Å². The van der Waals surface area contributed by atoms with Crippen molar-refractivity contribution < 1.29 is 19.4 Å². The van der Waals surface area contributed by atoms with Crippen LogP contribution in [0.3, 0.4) is 0 Å².